The van der Waals surface area contributed by atoms with Gasteiger partial charge in [0.2, 0.25) is 0 Å². The minimum absolute atomic E-state index is 0.459. The lowest BCUT2D eigenvalue weighted by Crippen LogP contribution is -2.46. The van der Waals surface area contributed by atoms with Crippen LogP contribution in [0.4, 0.5) is 0 Å². The van der Waals surface area contributed by atoms with Gasteiger partial charge in [-0.05, 0) is 50.3 Å². The van der Waals surface area contributed by atoms with E-state index in [9.17, 15) is 0 Å². The van der Waals surface area contributed by atoms with Gasteiger partial charge in [-0.25, -0.2) is 0 Å². The smallest absolute Gasteiger partial charge is 0.0616 e. The molecule has 1 aliphatic rings. The molecule has 3 heteroatoms. The van der Waals surface area contributed by atoms with Gasteiger partial charge in [-0.3, -0.25) is 0 Å². The van der Waals surface area contributed by atoms with Crippen LogP contribution in [0.25, 0.3) is 0 Å². The number of nitrogens with one attached hydrogen (secondary N) is 1. The SMILES string of the molecule is CCOCC(C)NC1CC(c2ccc(Br)cc2)C1. The second-order valence-electron chi connectivity index (χ2n) is 5.14. The van der Waals surface area contributed by atoms with E-state index in [1.165, 1.54) is 18.4 Å². The lowest BCUT2D eigenvalue weighted by atomic mass is 9.75. The zero-order chi connectivity index (χ0) is 13.0. The zero-order valence-electron chi connectivity index (χ0n) is 11.2. The Balaban J connectivity index is 1.72. The fraction of sp³-hybridized carbons (Fsp3) is 0.600. The van der Waals surface area contributed by atoms with Crippen LogP contribution in [-0.2, 0) is 4.74 Å². The summed E-state index contributed by atoms with van der Waals surface area (Å²) in [5.74, 6) is 0.731. The van der Waals surface area contributed by atoms with Crippen molar-refractivity contribution in [2.45, 2.75) is 44.7 Å². The Morgan fingerprint density at radius 2 is 2.00 bits per heavy atom. The highest BCUT2D eigenvalue weighted by Crippen LogP contribution is 2.37. The van der Waals surface area contributed by atoms with Gasteiger partial charge < -0.3 is 10.1 Å². The van der Waals surface area contributed by atoms with Crippen LogP contribution in [0, 0.1) is 0 Å². The Morgan fingerprint density at radius 3 is 2.61 bits per heavy atom. The van der Waals surface area contributed by atoms with Crippen molar-refractivity contribution < 1.29 is 4.74 Å². The zero-order valence-corrected chi connectivity index (χ0v) is 12.7. The molecule has 1 aromatic carbocycles. The van der Waals surface area contributed by atoms with Gasteiger partial charge in [-0.15, -0.1) is 0 Å². The molecule has 0 saturated heterocycles. The molecule has 1 aliphatic carbocycles. The summed E-state index contributed by atoms with van der Waals surface area (Å²) in [6, 6.07) is 9.85. The molecule has 0 heterocycles. The van der Waals surface area contributed by atoms with Gasteiger partial charge in [0.1, 0.15) is 0 Å². The van der Waals surface area contributed by atoms with Gasteiger partial charge >= 0.3 is 0 Å². The summed E-state index contributed by atoms with van der Waals surface area (Å²) in [7, 11) is 0. The molecule has 0 amide bonds. The van der Waals surface area contributed by atoms with Crippen molar-refractivity contribution in [3.63, 3.8) is 0 Å². The largest absolute Gasteiger partial charge is 0.380 e. The fourth-order valence-electron chi connectivity index (χ4n) is 2.51. The molecule has 0 aliphatic heterocycles. The number of hydrogen-bond donors (Lipinski definition) is 1. The van der Waals surface area contributed by atoms with E-state index in [1.807, 2.05) is 6.92 Å². The Morgan fingerprint density at radius 1 is 1.33 bits per heavy atom. The van der Waals surface area contributed by atoms with Gasteiger partial charge in [0, 0.05) is 23.2 Å². The molecule has 2 nitrogen and oxygen atoms in total. The molecule has 1 atom stereocenters. The molecule has 1 aromatic rings. The number of rotatable bonds is 6. The molecule has 0 bridgehead atoms. The first-order valence-electron chi connectivity index (χ1n) is 6.78. The number of halogens is 1. The molecular weight excluding hydrogens is 290 g/mol. The third-order valence-corrected chi connectivity index (χ3v) is 4.10. The first-order chi connectivity index (χ1) is 8.69. The van der Waals surface area contributed by atoms with E-state index in [-0.39, 0.29) is 0 Å². The minimum Gasteiger partial charge on any atom is -0.380 e. The topological polar surface area (TPSA) is 21.3 Å². The maximum absolute atomic E-state index is 5.42. The van der Waals surface area contributed by atoms with Crippen LogP contribution in [0.15, 0.2) is 28.7 Å². The highest BCUT2D eigenvalue weighted by molar-refractivity contribution is 9.10. The lowest BCUT2D eigenvalue weighted by molar-refractivity contribution is 0.115. The Bertz CT molecular complexity index is 359. The third-order valence-electron chi connectivity index (χ3n) is 3.57. The normalized spacial score (nSPS) is 24.6. The van der Waals surface area contributed by atoms with Gasteiger partial charge in [-0.1, -0.05) is 28.1 Å². The van der Waals surface area contributed by atoms with E-state index >= 15 is 0 Å². The standard InChI is InChI=1S/C15H22BrNO/c1-3-18-10-11(2)17-15-8-13(9-15)12-4-6-14(16)7-5-12/h4-7,11,13,15,17H,3,8-10H2,1-2H3. The van der Waals surface area contributed by atoms with Crippen LogP contribution in [0.5, 0.6) is 0 Å². The highest BCUT2D eigenvalue weighted by atomic mass is 79.9. The van der Waals surface area contributed by atoms with Crippen LogP contribution in [0.1, 0.15) is 38.2 Å². The Hall–Kier alpha value is -0.380. The van der Waals surface area contributed by atoms with Crippen molar-refractivity contribution in [3.05, 3.63) is 34.3 Å². The fourth-order valence-corrected chi connectivity index (χ4v) is 2.77. The average molecular weight is 312 g/mol. The maximum Gasteiger partial charge on any atom is 0.0616 e. The van der Waals surface area contributed by atoms with Crippen molar-refractivity contribution in [2.24, 2.45) is 0 Å². The number of benzene rings is 1. The average Bonchev–Trinajstić information content (AvgIpc) is 2.32. The summed E-state index contributed by atoms with van der Waals surface area (Å²) in [5.41, 5.74) is 1.47. The molecule has 1 saturated carbocycles. The third kappa shape index (κ3) is 3.81. The Labute approximate surface area is 118 Å². The van der Waals surface area contributed by atoms with Gasteiger partial charge in [-0.2, -0.15) is 0 Å². The summed E-state index contributed by atoms with van der Waals surface area (Å²) < 4.78 is 6.58. The van der Waals surface area contributed by atoms with Crippen LogP contribution < -0.4 is 5.32 Å². The van der Waals surface area contributed by atoms with Crippen molar-refractivity contribution in [1.29, 1.82) is 0 Å². The van der Waals surface area contributed by atoms with Crippen molar-refractivity contribution in [3.8, 4) is 0 Å². The van der Waals surface area contributed by atoms with E-state index in [0.29, 0.717) is 12.1 Å². The summed E-state index contributed by atoms with van der Waals surface area (Å²) in [4.78, 5) is 0. The van der Waals surface area contributed by atoms with E-state index in [4.69, 9.17) is 4.74 Å². The minimum atomic E-state index is 0.459. The van der Waals surface area contributed by atoms with Crippen molar-refractivity contribution in [1.82, 2.24) is 5.32 Å². The molecule has 0 spiro atoms. The van der Waals surface area contributed by atoms with Gasteiger partial charge in [0.15, 0.2) is 0 Å². The van der Waals surface area contributed by atoms with Crippen molar-refractivity contribution >= 4 is 15.9 Å². The van der Waals surface area contributed by atoms with Crippen molar-refractivity contribution in [2.75, 3.05) is 13.2 Å². The predicted octanol–water partition coefficient (Wildman–Crippen LogP) is 3.71. The first-order valence-corrected chi connectivity index (χ1v) is 7.57. The number of ether oxygens (including phenoxy) is 1. The molecular formula is C15H22BrNO. The second kappa shape index (κ2) is 6.69. The molecule has 0 aromatic heterocycles. The van der Waals surface area contributed by atoms with E-state index < -0.39 is 0 Å². The van der Waals surface area contributed by atoms with Gasteiger partial charge in [0.25, 0.3) is 0 Å². The second-order valence-corrected chi connectivity index (χ2v) is 6.06. The summed E-state index contributed by atoms with van der Waals surface area (Å²) in [5, 5.41) is 3.63. The quantitative estimate of drug-likeness (QED) is 0.864. The molecule has 18 heavy (non-hydrogen) atoms. The molecule has 1 unspecified atom stereocenters. The van der Waals surface area contributed by atoms with Gasteiger partial charge in [0.05, 0.1) is 6.61 Å². The van der Waals surface area contributed by atoms with E-state index in [0.717, 1.165) is 23.6 Å². The molecule has 1 N–H and O–H groups in total. The lowest BCUT2D eigenvalue weighted by Gasteiger charge is -2.38. The van der Waals surface area contributed by atoms with E-state index in [2.05, 4.69) is 52.4 Å². The van der Waals surface area contributed by atoms with Crippen LogP contribution in [0.3, 0.4) is 0 Å². The van der Waals surface area contributed by atoms with Crippen LogP contribution >= 0.6 is 15.9 Å². The highest BCUT2D eigenvalue weighted by Gasteiger charge is 2.30. The van der Waals surface area contributed by atoms with Crippen LogP contribution in [0.2, 0.25) is 0 Å². The molecule has 2 rings (SSSR count). The summed E-state index contributed by atoms with van der Waals surface area (Å²) in [6.07, 6.45) is 2.50. The number of hydrogen-bond acceptors (Lipinski definition) is 2. The monoisotopic (exact) mass is 311 g/mol. The summed E-state index contributed by atoms with van der Waals surface area (Å²) >= 11 is 3.48. The first kappa shape index (κ1) is 14.0. The summed E-state index contributed by atoms with van der Waals surface area (Å²) in [6.45, 7) is 5.86. The Kier molecular flexibility index (Phi) is 5.22. The van der Waals surface area contributed by atoms with E-state index in [1.54, 1.807) is 0 Å². The molecule has 100 valence electrons. The maximum atomic E-state index is 5.42. The molecule has 0 radical (unpaired) electrons. The predicted molar refractivity (Wildman–Crippen MR) is 79.0 cm³/mol. The molecule has 1 fully saturated rings. The van der Waals surface area contributed by atoms with Crippen LogP contribution in [-0.4, -0.2) is 25.3 Å².